The fourth-order valence-electron chi connectivity index (χ4n) is 0.943. The third-order valence-electron chi connectivity index (χ3n) is 1.98. The number of allylic oxidation sites excluding steroid dienone is 3. The molecule has 68 valence electrons. The number of sulfonamides is 1. The SMILES string of the molecule is CC1(S(N)(=O)=O)C=CC=CC1F. The van der Waals surface area contributed by atoms with E-state index < -0.39 is 20.9 Å². The average Bonchev–Trinajstić information content (AvgIpc) is 1.93. The van der Waals surface area contributed by atoms with Gasteiger partial charge in [0.05, 0.1) is 0 Å². The molecule has 1 aliphatic rings. The van der Waals surface area contributed by atoms with Gasteiger partial charge >= 0.3 is 0 Å². The molecule has 0 aromatic heterocycles. The molecule has 12 heavy (non-hydrogen) atoms. The van der Waals surface area contributed by atoms with Gasteiger partial charge in [0.25, 0.3) is 0 Å². The van der Waals surface area contributed by atoms with Gasteiger partial charge in [0, 0.05) is 0 Å². The van der Waals surface area contributed by atoms with Crippen molar-refractivity contribution in [2.75, 3.05) is 0 Å². The molecular weight excluding hydrogens is 181 g/mol. The number of rotatable bonds is 1. The van der Waals surface area contributed by atoms with Crippen molar-refractivity contribution < 1.29 is 12.8 Å². The van der Waals surface area contributed by atoms with Crippen molar-refractivity contribution in [3.8, 4) is 0 Å². The van der Waals surface area contributed by atoms with Crippen LogP contribution in [0.4, 0.5) is 4.39 Å². The molecule has 0 saturated carbocycles. The van der Waals surface area contributed by atoms with Crippen LogP contribution in [0.1, 0.15) is 6.92 Å². The molecule has 0 amide bonds. The first-order valence-corrected chi connectivity index (χ1v) is 4.95. The molecular formula is C7H10FNO2S. The highest BCUT2D eigenvalue weighted by Crippen LogP contribution is 2.27. The summed E-state index contributed by atoms with van der Waals surface area (Å²) in [5, 5.41) is 4.88. The first-order valence-electron chi connectivity index (χ1n) is 3.40. The average molecular weight is 191 g/mol. The van der Waals surface area contributed by atoms with Gasteiger partial charge < -0.3 is 0 Å². The third kappa shape index (κ3) is 1.30. The molecule has 0 saturated heterocycles. The number of primary sulfonamides is 1. The molecule has 1 aliphatic carbocycles. The van der Waals surface area contributed by atoms with Gasteiger partial charge in [0.2, 0.25) is 10.0 Å². The summed E-state index contributed by atoms with van der Waals surface area (Å²) in [6.07, 6.45) is 3.78. The summed E-state index contributed by atoms with van der Waals surface area (Å²) in [6, 6.07) is 0. The maximum Gasteiger partial charge on any atom is 0.221 e. The predicted molar refractivity (Wildman–Crippen MR) is 44.7 cm³/mol. The summed E-state index contributed by atoms with van der Waals surface area (Å²) < 4.78 is 33.5. The van der Waals surface area contributed by atoms with Crippen LogP contribution in [0.3, 0.4) is 0 Å². The van der Waals surface area contributed by atoms with Crippen molar-refractivity contribution in [1.82, 2.24) is 0 Å². The van der Waals surface area contributed by atoms with E-state index in [0.717, 1.165) is 0 Å². The lowest BCUT2D eigenvalue weighted by molar-refractivity contribution is 0.344. The van der Waals surface area contributed by atoms with Crippen molar-refractivity contribution in [1.29, 1.82) is 0 Å². The zero-order valence-electron chi connectivity index (χ0n) is 6.57. The summed E-state index contributed by atoms with van der Waals surface area (Å²) in [5.41, 5.74) is 0. The topological polar surface area (TPSA) is 60.2 Å². The second kappa shape index (κ2) is 2.67. The molecule has 1 rings (SSSR count). The van der Waals surface area contributed by atoms with E-state index in [9.17, 15) is 12.8 Å². The Kier molecular flexibility index (Phi) is 2.09. The van der Waals surface area contributed by atoms with Gasteiger partial charge in [-0.25, -0.2) is 17.9 Å². The lowest BCUT2D eigenvalue weighted by Crippen LogP contribution is -2.46. The van der Waals surface area contributed by atoms with Crippen molar-refractivity contribution in [3.63, 3.8) is 0 Å². The van der Waals surface area contributed by atoms with E-state index in [1.54, 1.807) is 0 Å². The Morgan fingerprint density at radius 1 is 1.50 bits per heavy atom. The highest BCUT2D eigenvalue weighted by atomic mass is 32.2. The Labute approximate surface area is 70.8 Å². The van der Waals surface area contributed by atoms with Crippen LogP contribution in [0.5, 0.6) is 0 Å². The fourth-order valence-corrected chi connectivity index (χ4v) is 1.60. The van der Waals surface area contributed by atoms with Crippen molar-refractivity contribution in [2.24, 2.45) is 5.14 Å². The van der Waals surface area contributed by atoms with Gasteiger partial charge in [0.15, 0.2) is 0 Å². The van der Waals surface area contributed by atoms with Crippen LogP contribution in [0.25, 0.3) is 0 Å². The molecule has 2 atom stereocenters. The van der Waals surface area contributed by atoms with Crippen molar-refractivity contribution >= 4 is 10.0 Å². The van der Waals surface area contributed by atoms with Crippen LogP contribution in [0.15, 0.2) is 24.3 Å². The van der Waals surface area contributed by atoms with Crippen LogP contribution in [0.2, 0.25) is 0 Å². The first-order chi connectivity index (χ1) is 5.38. The van der Waals surface area contributed by atoms with Gasteiger partial charge in [-0.1, -0.05) is 18.2 Å². The van der Waals surface area contributed by atoms with E-state index >= 15 is 0 Å². The fraction of sp³-hybridized carbons (Fsp3) is 0.429. The normalized spacial score (nSPS) is 35.4. The quantitative estimate of drug-likeness (QED) is 0.656. The van der Waals surface area contributed by atoms with E-state index in [2.05, 4.69) is 0 Å². The molecule has 2 N–H and O–H groups in total. The minimum atomic E-state index is -3.89. The number of halogens is 1. The predicted octanol–water partition coefficient (Wildman–Crippen LogP) is 0.498. The maximum absolute atomic E-state index is 13.1. The van der Waals surface area contributed by atoms with Gasteiger partial charge in [-0.3, -0.25) is 0 Å². The molecule has 0 fully saturated rings. The number of hydrogen-bond acceptors (Lipinski definition) is 2. The zero-order valence-corrected chi connectivity index (χ0v) is 7.38. The molecule has 0 spiro atoms. The van der Waals surface area contributed by atoms with E-state index in [4.69, 9.17) is 5.14 Å². The monoisotopic (exact) mass is 191 g/mol. The van der Waals surface area contributed by atoms with E-state index in [1.165, 1.54) is 31.2 Å². The molecule has 2 unspecified atom stereocenters. The molecule has 5 heteroatoms. The van der Waals surface area contributed by atoms with E-state index in [0.29, 0.717) is 0 Å². The Morgan fingerprint density at radius 3 is 2.42 bits per heavy atom. The minimum absolute atomic E-state index is 1.17. The number of hydrogen-bond donors (Lipinski definition) is 1. The highest BCUT2D eigenvalue weighted by molar-refractivity contribution is 7.90. The summed E-state index contributed by atoms with van der Waals surface area (Å²) >= 11 is 0. The summed E-state index contributed by atoms with van der Waals surface area (Å²) in [4.78, 5) is 0. The molecule has 0 heterocycles. The smallest absolute Gasteiger partial charge is 0.221 e. The van der Waals surface area contributed by atoms with E-state index in [-0.39, 0.29) is 0 Å². The number of alkyl halides is 1. The maximum atomic E-state index is 13.1. The summed E-state index contributed by atoms with van der Waals surface area (Å²) in [7, 11) is -3.89. The first kappa shape index (κ1) is 9.41. The second-order valence-corrected chi connectivity index (χ2v) is 4.84. The van der Waals surface area contributed by atoms with Crippen molar-refractivity contribution in [2.45, 2.75) is 17.8 Å². The van der Waals surface area contributed by atoms with Gasteiger partial charge in [-0.2, -0.15) is 0 Å². The summed E-state index contributed by atoms with van der Waals surface area (Å²) in [5.74, 6) is 0. The van der Waals surface area contributed by atoms with Crippen LogP contribution >= 0.6 is 0 Å². The van der Waals surface area contributed by atoms with Gasteiger partial charge in [0.1, 0.15) is 10.9 Å². The minimum Gasteiger partial charge on any atom is -0.241 e. The number of nitrogens with two attached hydrogens (primary N) is 1. The molecule has 0 radical (unpaired) electrons. The zero-order chi connectivity index (χ0) is 9.41. The Hall–Kier alpha value is -0.680. The Bertz CT molecular complexity index is 333. The lowest BCUT2D eigenvalue weighted by atomic mass is 10.0. The molecule has 0 aliphatic heterocycles. The van der Waals surface area contributed by atoms with Crippen LogP contribution in [-0.4, -0.2) is 19.3 Å². The molecule has 0 bridgehead atoms. The molecule has 0 aromatic rings. The Morgan fingerprint density at radius 2 is 2.08 bits per heavy atom. The van der Waals surface area contributed by atoms with Gasteiger partial charge in [-0.15, -0.1) is 0 Å². The van der Waals surface area contributed by atoms with Crippen LogP contribution in [-0.2, 0) is 10.0 Å². The summed E-state index contributed by atoms with van der Waals surface area (Å²) in [6.45, 7) is 1.26. The molecule has 0 aromatic carbocycles. The van der Waals surface area contributed by atoms with Crippen LogP contribution < -0.4 is 5.14 Å². The molecule has 3 nitrogen and oxygen atoms in total. The highest BCUT2D eigenvalue weighted by Gasteiger charge is 2.42. The van der Waals surface area contributed by atoms with E-state index in [1.807, 2.05) is 0 Å². The lowest BCUT2D eigenvalue weighted by Gasteiger charge is -2.26. The van der Waals surface area contributed by atoms with Crippen molar-refractivity contribution in [3.05, 3.63) is 24.3 Å². The second-order valence-electron chi connectivity index (χ2n) is 2.87. The largest absolute Gasteiger partial charge is 0.241 e. The van der Waals surface area contributed by atoms with Gasteiger partial charge in [-0.05, 0) is 13.0 Å². The standard InChI is InChI=1S/C7H10FNO2S/c1-7(12(9,10)11)5-3-2-4-6(7)8/h2-6H,1H3,(H2,9,10,11). The Balaban J connectivity index is 3.16. The van der Waals surface area contributed by atoms with Crippen LogP contribution in [0, 0.1) is 0 Å². The third-order valence-corrected chi connectivity index (χ3v) is 3.57.